The van der Waals surface area contributed by atoms with Crippen LogP contribution in [0.5, 0.6) is 0 Å². The lowest BCUT2D eigenvalue weighted by molar-refractivity contribution is -0.149. The first-order valence-corrected chi connectivity index (χ1v) is 26.6. The van der Waals surface area contributed by atoms with Gasteiger partial charge in [-0.25, -0.2) is 13.2 Å². The molecule has 0 spiro atoms. The smallest absolute Gasteiger partial charge is 0.328 e. The Hall–Kier alpha value is -7.64. The lowest BCUT2D eigenvalue weighted by Gasteiger charge is -2.27. The van der Waals surface area contributed by atoms with Crippen LogP contribution in [0.1, 0.15) is 71.1 Å². The summed E-state index contributed by atoms with van der Waals surface area (Å²) in [4.78, 5) is 93.2. The van der Waals surface area contributed by atoms with E-state index in [1.165, 1.54) is 19.9 Å². The molecular weight excluding hydrogens is 975 g/mol. The van der Waals surface area contributed by atoms with Gasteiger partial charge in [0.15, 0.2) is 0 Å². The van der Waals surface area contributed by atoms with Gasteiger partial charge in [0.25, 0.3) is 0 Å². The number of carbonyl (C=O) groups is 6. The van der Waals surface area contributed by atoms with Crippen LogP contribution in [0.25, 0.3) is 21.7 Å². The zero-order chi connectivity index (χ0) is 54.4. The standard InChI is InChI=1S/C56H69N9O9S/c1-34(2)28-47(64-75(72,73)50-23-15-19-42-43(50)20-14-22-49(42)65(7)8)55(70)60-36(5)51(66)61-45(30-38-16-10-9-11-17-38)54(69)62-46(31-40-32-58-44-21-13-12-18-41(40)44)53(68)59-37(6)52(67)63-48(29-35(3)4)56(71)74-33-39-24-26-57-27-25-39/h9-27,32,34-37,45-48,58,64H,28-31,33H2,1-8H3,(H,59,68)(H,60,70)(H,61,66)(H,62,69)(H,63,67)/t36-,37-,45-,46-,47-,48-/m0/s1. The van der Waals surface area contributed by atoms with Gasteiger partial charge < -0.3 is 41.2 Å². The van der Waals surface area contributed by atoms with Gasteiger partial charge in [0.05, 0.1) is 4.90 Å². The number of aromatic amines is 1. The van der Waals surface area contributed by atoms with Crippen LogP contribution in [-0.2, 0) is 63.0 Å². The maximum absolute atomic E-state index is 14.6. The molecule has 2 heterocycles. The third-order valence-electron chi connectivity index (χ3n) is 12.5. The van der Waals surface area contributed by atoms with Crippen molar-refractivity contribution in [1.29, 1.82) is 0 Å². The quantitative estimate of drug-likeness (QED) is 0.0367. The molecule has 0 radical (unpaired) electrons. The van der Waals surface area contributed by atoms with Crippen LogP contribution in [0.15, 0.2) is 127 Å². The zero-order valence-electron chi connectivity index (χ0n) is 43.7. The van der Waals surface area contributed by atoms with Gasteiger partial charge in [0.1, 0.15) is 42.9 Å². The lowest BCUT2D eigenvalue weighted by Crippen LogP contribution is -2.59. The van der Waals surface area contributed by atoms with Crippen molar-refractivity contribution in [3.63, 3.8) is 0 Å². The molecular formula is C56H69N9O9S. The summed E-state index contributed by atoms with van der Waals surface area (Å²) in [5.74, 6) is -4.42. The average Bonchev–Trinajstić information content (AvgIpc) is 3.79. The number of esters is 1. The van der Waals surface area contributed by atoms with Gasteiger partial charge in [-0.2, -0.15) is 4.72 Å². The minimum Gasteiger partial charge on any atom is -0.459 e. The van der Waals surface area contributed by atoms with Crippen LogP contribution in [-0.4, -0.2) is 104 Å². The fourth-order valence-electron chi connectivity index (χ4n) is 8.65. The van der Waals surface area contributed by atoms with Crippen LogP contribution in [0, 0.1) is 11.8 Å². The Bertz CT molecular complexity index is 3060. The van der Waals surface area contributed by atoms with E-state index in [0.29, 0.717) is 21.9 Å². The topological polar surface area (TPSA) is 250 Å². The summed E-state index contributed by atoms with van der Waals surface area (Å²) >= 11 is 0. The molecule has 0 aliphatic heterocycles. The van der Waals surface area contributed by atoms with Crippen molar-refractivity contribution in [3.8, 4) is 0 Å². The molecule has 5 amide bonds. The first-order chi connectivity index (χ1) is 35.7. The summed E-state index contributed by atoms with van der Waals surface area (Å²) in [7, 11) is -0.568. The summed E-state index contributed by atoms with van der Waals surface area (Å²) in [6.07, 6.45) is 5.19. The van der Waals surface area contributed by atoms with E-state index >= 15 is 0 Å². The highest BCUT2D eigenvalue weighted by Crippen LogP contribution is 2.30. The first-order valence-electron chi connectivity index (χ1n) is 25.1. The van der Waals surface area contributed by atoms with Crippen molar-refractivity contribution in [2.75, 3.05) is 19.0 Å². The molecule has 0 aliphatic carbocycles. The van der Waals surface area contributed by atoms with Crippen molar-refractivity contribution in [1.82, 2.24) is 41.3 Å². The number of pyridine rings is 1. The molecule has 2 aromatic heterocycles. The van der Waals surface area contributed by atoms with Gasteiger partial charge in [-0.15, -0.1) is 0 Å². The Morgan fingerprint density at radius 2 is 1.09 bits per heavy atom. The number of para-hydroxylation sites is 1. The molecule has 398 valence electrons. The van der Waals surface area contributed by atoms with Gasteiger partial charge in [-0.1, -0.05) is 100 Å². The number of nitrogens with one attached hydrogen (secondary N) is 7. The molecule has 0 aliphatic rings. The summed E-state index contributed by atoms with van der Waals surface area (Å²) in [5.41, 5.74) is 3.68. The molecule has 0 bridgehead atoms. The third kappa shape index (κ3) is 15.7. The van der Waals surface area contributed by atoms with Gasteiger partial charge >= 0.3 is 5.97 Å². The third-order valence-corrected chi connectivity index (χ3v) is 14.1. The molecule has 7 N–H and O–H groups in total. The van der Waals surface area contributed by atoms with E-state index in [4.69, 9.17) is 4.74 Å². The summed E-state index contributed by atoms with van der Waals surface area (Å²) in [6.45, 7) is 10.3. The number of H-pyrrole nitrogens is 1. The molecule has 19 heteroatoms. The predicted octanol–water partition coefficient (Wildman–Crippen LogP) is 5.21. The number of sulfonamides is 1. The molecule has 6 atom stereocenters. The van der Waals surface area contributed by atoms with E-state index in [1.807, 2.05) is 83.1 Å². The maximum atomic E-state index is 14.6. The summed E-state index contributed by atoms with van der Waals surface area (Å²) < 4.78 is 36.3. The van der Waals surface area contributed by atoms with E-state index in [9.17, 15) is 37.2 Å². The van der Waals surface area contributed by atoms with E-state index in [2.05, 4.69) is 41.3 Å². The van der Waals surface area contributed by atoms with Crippen LogP contribution in [0.2, 0.25) is 0 Å². The number of fused-ring (bicyclic) bond motifs is 2. The van der Waals surface area contributed by atoms with Crippen molar-refractivity contribution in [2.45, 2.75) is 115 Å². The Kier molecular flexibility index (Phi) is 19.7. The average molecular weight is 1040 g/mol. The zero-order valence-corrected chi connectivity index (χ0v) is 44.5. The number of anilines is 1. The molecule has 6 rings (SSSR count). The second-order valence-electron chi connectivity index (χ2n) is 19.8. The predicted molar refractivity (Wildman–Crippen MR) is 288 cm³/mol. The summed E-state index contributed by atoms with van der Waals surface area (Å²) in [6, 6.07) is 22.7. The molecule has 4 aromatic carbocycles. The molecule has 18 nitrogen and oxygen atoms in total. The highest BCUT2D eigenvalue weighted by atomic mass is 32.2. The number of nitrogens with zero attached hydrogens (tertiary/aromatic N) is 2. The van der Waals surface area contributed by atoms with E-state index in [1.54, 1.807) is 79.3 Å². The first kappa shape index (κ1) is 56.7. The maximum Gasteiger partial charge on any atom is 0.328 e. The fourth-order valence-corrected chi connectivity index (χ4v) is 10.1. The highest BCUT2D eigenvalue weighted by molar-refractivity contribution is 7.89. The SMILES string of the molecule is CC(C)C[C@H](NS(=O)(=O)c1cccc2c(N(C)C)cccc12)C(=O)N[C@@H](C)C(=O)N[C@@H](Cc1ccccc1)C(=O)N[C@@H](Cc1c[nH]c2ccccc12)C(=O)N[C@@H](C)C(=O)N[C@@H](CC(C)C)C(=O)OCc1ccncc1. The van der Waals surface area contributed by atoms with Gasteiger partial charge in [-0.05, 0) is 85.5 Å². The minimum atomic E-state index is -4.29. The number of carbonyl (C=O) groups excluding carboxylic acids is 6. The largest absolute Gasteiger partial charge is 0.459 e. The van der Waals surface area contributed by atoms with E-state index in [-0.39, 0.29) is 49.0 Å². The van der Waals surface area contributed by atoms with Gasteiger partial charge in [-0.3, -0.25) is 29.0 Å². The molecule has 0 saturated heterocycles. The number of ether oxygens (including phenoxy) is 1. The molecule has 0 fully saturated rings. The van der Waals surface area contributed by atoms with Crippen LogP contribution < -0.4 is 36.2 Å². The van der Waals surface area contributed by atoms with Crippen molar-refractivity contribution >= 4 is 72.9 Å². The monoisotopic (exact) mass is 1040 g/mol. The Morgan fingerprint density at radius 3 is 1.75 bits per heavy atom. The van der Waals surface area contributed by atoms with Crippen LogP contribution in [0.4, 0.5) is 5.69 Å². The van der Waals surface area contributed by atoms with Crippen molar-refractivity contribution < 1.29 is 41.9 Å². The molecule has 0 unspecified atom stereocenters. The van der Waals surface area contributed by atoms with Gasteiger partial charge in [0, 0.05) is 72.9 Å². The molecule has 0 saturated carbocycles. The highest BCUT2D eigenvalue weighted by Gasteiger charge is 2.34. The fraction of sp³-hybridized carbons (Fsp3) is 0.375. The van der Waals surface area contributed by atoms with E-state index < -0.39 is 81.8 Å². The summed E-state index contributed by atoms with van der Waals surface area (Å²) in [5, 5.41) is 15.7. The second kappa shape index (κ2) is 26.0. The van der Waals surface area contributed by atoms with Crippen molar-refractivity contribution in [2.24, 2.45) is 11.8 Å². The normalized spacial score (nSPS) is 14.0. The Labute approximate surface area is 438 Å². The molecule has 75 heavy (non-hydrogen) atoms. The number of rotatable bonds is 25. The number of benzene rings is 4. The van der Waals surface area contributed by atoms with Gasteiger partial charge in [0.2, 0.25) is 39.6 Å². The van der Waals surface area contributed by atoms with Crippen LogP contribution >= 0.6 is 0 Å². The van der Waals surface area contributed by atoms with Crippen molar-refractivity contribution in [3.05, 3.63) is 138 Å². The Morgan fingerprint density at radius 1 is 0.560 bits per heavy atom. The minimum absolute atomic E-state index is 0.00526. The van der Waals surface area contributed by atoms with E-state index in [0.717, 1.165) is 22.2 Å². The number of amides is 5. The second-order valence-corrected chi connectivity index (χ2v) is 21.5. The number of aromatic nitrogens is 2. The number of hydrogen-bond donors (Lipinski definition) is 7. The number of hydrogen-bond acceptors (Lipinski definition) is 11. The molecule has 6 aromatic rings. The lowest BCUT2D eigenvalue weighted by atomic mass is 10.0. The Balaban J connectivity index is 1.19. The van der Waals surface area contributed by atoms with Crippen LogP contribution in [0.3, 0.4) is 0 Å².